The quantitative estimate of drug-likeness (QED) is 0.241. The van der Waals surface area contributed by atoms with Crippen molar-refractivity contribution >= 4 is 17.8 Å². The monoisotopic (exact) mass is 852 g/mol. The molecule has 14 unspecified atom stereocenters. The Bertz CT molecular complexity index is 2060. The SMILES string of the molecule is CCC1(C)C(C(=O)O)CC1C(=O)OC1CCC2(C)C(CCC3(C)C2CCC2C4C(C(C)C)CCC4(C(=O)N4CCCC4c4ncc(-c5ccc(OC)cc5)[nH]4)CCC23C)C1(C)C. The van der Waals surface area contributed by atoms with Crippen LogP contribution in [0.15, 0.2) is 30.5 Å². The number of methoxy groups -OCH3 is 1. The van der Waals surface area contributed by atoms with E-state index in [1.54, 1.807) is 7.11 Å². The number of aromatic nitrogens is 2. The molecule has 0 radical (unpaired) electrons. The second-order valence-corrected chi connectivity index (χ2v) is 23.7. The van der Waals surface area contributed by atoms with Crippen molar-refractivity contribution in [2.24, 2.45) is 79.8 Å². The molecule has 1 aromatic carbocycles. The smallest absolute Gasteiger partial charge is 0.309 e. The van der Waals surface area contributed by atoms with E-state index in [1.807, 2.05) is 32.2 Å². The first-order chi connectivity index (χ1) is 29.3. The van der Waals surface area contributed by atoms with Gasteiger partial charge in [-0.3, -0.25) is 14.4 Å². The van der Waals surface area contributed by atoms with Crippen LogP contribution in [-0.4, -0.2) is 57.6 Å². The molecule has 9 heteroatoms. The van der Waals surface area contributed by atoms with Crippen LogP contribution in [0.1, 0.15) is 164 Å². The molecule has 1 amide bonds. The summed E-state index contributed by atoms with van der Waals surface area (Å²) in [5.74, 6) is 3.32. The van der Waals surface area contributed by atoms with Crippen molar-refractivity contribution in [3.8, 4) is 17.0 Å². The fourth-order valence-electron chi connectivity index (χ4n) is 17.3. The third-order valence-corrected chi connectivity index (χ3v) is 21.2. The maximum Gasteiger partial charge on any atom is 0.309 e. The second-order valence-electron chi connectivity index (χ2n) is 23.7. The zero-order chi connectivity index (χ0) is 44.4. The number of hydrogen-bond donors (Lipinski definition) is 2. The zero-order valence-electron chi connectivity index (χ0n) is 39.6. The molecule has 1 saturated heterocycles. The highest BCUT2D eigenvalue weighted by Gasteiger charge is 2.73. The molecular weight excluding hydrogens is 775 g/mol. The number of imidazole rings is 1. The minimum absolute atomic E-state index is 0.0243. The van der Waals surface area contributed by atoms with Crippen molar-refractivity contribution in [1.82, 2.24) is 14.9 Å². The van der Waals surface area contributed by atoms with Crippen molar-refractivity contribution in [2.75, 3.05) is 13.7 Å². The summed E-state index contributed by atoms with van der Waals surface area (Å²) in [6, 6.07) is 8.05. The number of rotatable bonds is 9. The minimum atomic E-state index is -0.797. The van der Waals surface area contributed by atoms with E-state index in [-0.39, 0.29) is 51.1 Å². The van der Waals surface area contributed by atoms with E-state index >= 15 is 4.79 Å². The zero-order valence-corrected chi connectivity index (χ0v) is 39.6. The van der Waals surface area contributed by atoms with Gasteiger partial charge in [-0.25, -0.2) is 4.98 Å². The van der Waals surface area contributed by atoms with Gasteiger partial charge in [0.2, 0.25) is 5.91 Å². The molecule has 0 spiro atoms. The number of aliphatic carboxylic acids is 1. The van der Waals surface area contributed by atoms with Crippen molar-refractivity contribution in [1.29, 1.82) is 0 Å². The van der Waals surface area contributed by atoms with Crippen LogP contribution in [0, 0.1) is 79.8 Å². The third-order valence-electron chi connectivity index (χ3n) is 21.2. The average molecular weight is 852 g/mol. The molecule has 6 aliphatic carbocycles. The number of hydrogen-bond acceptors (Lipinski definition) is 6. The Kier molecular flexibility index (Phi) is 10.7. The first kappa shape index (κ1) is 43.9. The lowest BCUT2D eigenvalue weighted by Gasteiger charge is -2.73. The number of aromatic amines is 1. The van der Waals surface area contributed by atoms with Gasteiger partial charge in [0.05, 0.1) is 42.3 Å². The van der Waals surface area contributed by atoms with Crippen LogP contribution in [0.4, 0.5) is 0 Å². The van der Waals surface area contributed by atoms with Crippen LogP contribution >= 0.6 is 0 Å². The summed E-state index contributed by atoms with van der Waals surface area (Å²) in [7, 11) is 1.69. The lowest BCUT2D eigenvalue weighted by atomic mass is 9.32. The normalized spacial score (nSPS) is 43.1. The van der Waals surface area contributed by atoms with Crippen molar-refractivity contribution in [3.05, 3.63) is 36.3 Å². The van der Waals surface area contributed by atoms with Crippen LogP contribution in [0.25, 0.3) is 11.3 Å². The van der Waals surface area contributed by atoms with Gasteiger partial charge in [0, 0.05) is 12.0 Å². The van der Waals surface area contributed by atoms with Gasteiger partial charge in [-0.05, 0) is 177 Å². The highest BCUT2D eigenvalue weighted by atomic mass is 16.5. The molecule has 9 rings (SSSR count). The third kappa shape index (κ3) is 6.09. The number of amides is 1. The number of carboxylic acid groups (broad SMARTS) is 1. The Hall–Kier alpha value is -3.36. The number of carbonyl (C=O) groups excluding carboxylic acids is 2. The molecule has 1 aromatic heterocycles. The second kappa shape index (κ2) is 15.1. The molecule has 0 bridgehead atoms. The number of benzene rings is 1. The fourth-order valence-corrected chi connectivity index (χ4v) is 17.3. The number of likely N-dealkylation sites (tertiary alicyclic amines) is 1. The van der Waals surface area contributed by atoms with Crippen molar-refractivity contribution in [3.63, 3.8) is 0 Å². The number of fused-ring (bicyclic) bond motifs is 7. The number of carboxylic acids is 1. The molecule has 7 aliphatic rings. The van der Waals surface area contributed by atoms with E-state index in [2.05, 4.69) is 70.5 Å². The lowest BCUT2D eigenvalue weighted by Crippen LogP contribution is -2.67. The van der Waals surface area contributed by atoms with Crippen LogP contribution < -0.4 is 4.74 Å². The number of esters is 1. The van der Waals surface area contributed by atoms with Gasteiger partial charge >= 0.3 is 11.9 Å². The molecule has 2 N–H and O–H groups in total. The average Bonchev–Trinajstić information content (AvgIpc) is 4.01. The number of nitrogens with zero attached hydrogens (tertiary/aromatic N) is 2. The van der Waals surface area contributed by atoms with Gasteiger partial charge in [-0.1, -0.05) is 62.3 Å². The summed E-state index contributed by atoms with van der Waals surface area (Å²) in [6.45, 7) is 22.3. The molecule has 2 aromatic rings. The summed E-state index contributed by atoms with van der Waals surface area (Å²) >= 11 is 0. The maximum atomic E-state index is 15.6. The van der Waals surface area contributed by atoms with E-state index in [0.29, 0.717) is 54.3 Å². The summed E-state index contributed by atoms with van der Waals surface area (Å²) in [6.07, 6.45) is 15.6. The summed E-state index contributed by atoms with van der Waals surface area (Å²) in [4.78, 5) is 52.3. The Morgan fingerprint density at radius 1 is 0.871 bits per heavy atom. The number of nitrogens with one attached hydrogen (secondary N) is 1. The minimum Gasteiger partial charge on any atom is -0.497 e. The van der Waals surface area contributed by atoms with Crippen LogP contribution in [0.5, 0.6) is 5.75 Å². The lowest BCUT2D eigenvalue weighted by molar-refractivity contribution is -0.253. The molecular formula is C53H77N3O6. The molecule has 14 atom stereocenters. The Labute approximate surface area is 371 Å². The van der Waals surface area contributed by atoms with Crippen LogP contribution in [-0.2, 0) is 19.1 Å². The van der Waals surface area contributed by atoms with Crippen LogP contribution in [0.3, 0.4) is 0 Å². The Balaban J connectivity index is 0.957. The summed E-state index contributed by atoms with van der Waals surface area (Å²) < 4.78 is 11.9. The molecule has 1 aliphatic heterocycles. The van der Waals surface area contributed by atoms with Gasteiger partial charge in [-0.15, -0.1) is 0 Å². The number of H-pyrrole nitrogens is 1. The first-order valence-corrected chi connectivity index (χ1v) is 24.7. The van der Waals surface area contributed by atoms with Crippen molar-refractivity contribution < 1.29 is 29.0 Å². The predicted molar refractivity (Wildman–Crippen MR) is 241 cm³/mol. The molecule has 6 saturated carbocycles. The number of carbonyl (C=O) groups is 3. The van der Waals surface area contributed by atoms with E-state index in [1.165, 1.54) is 19.3 Å². The molecule has 62 heavy (non-hydrogen) atoms. The first-order valence-electron chi connectivity index (χ1n) is 24.7. The van der Waals surface area contributed by atoms with Gasteiger partial charge < -0.3 is 24.5 Å². The van der Waals surface area contributed by atoms with Gasteiger partial charge in [0.25, 0.3) is 0 Å². The van der Waals surface area contributed by atoms with Gasteiger partial charge in [0.1, 0.15) is 17.7 Å². The van der Waals surface area contributed by atoms with E-state index in [0.717, 1.165) is 87.2 Å². The summed E-state index contributed by atoms with van der Waals surface area (Å²) in [5.41, 5.74) is 1.41. The van der Waals surface area contributed by atoms with Gasteiger partial charge in [-0.2, -0.15) is 0 Å². The highest BCUT2D eigenvalue weighted by molar-refractivity contribution is 5.85. The Morgan fingerprint density at radius 3 is 2.29 bits per heavy atom. The highest BCUT2D eigenvalue weighted by Crippen LogP contribution is 2.78. The maximum absolute atomic E-state index is 15.6. The largest absolute Gasteiger partial charge is 0.497 e. The predicted octanol–water partition coefficient (Wildman–Crippen LogP) is 11.5. The van der Waals surface area contributed by atoms with Crippen LogP contribution in [0.2, 0.25) is 0 Å². The molecule has 9 nitrogen and oxygen atoms in total. The topological polar surface area (TPSA) is 122 Å². The standard InChI is InChI=1S/C53H77N3O6/c1-11-49(6)36(45(57)58)29-37(49)46(59)62-42-22-23-50(7)40(48(42,4)5)21-24-52(9)41(50)19-18-35-43-34(31(2)3)20-25-53(43,27-26-51(35,52)8)47(60)56-28-12-13-39(56)44-54-30-38(55-44)32-14-16-33(61-10)17-15-32/h14-17,30-31,34-37,39-43H,11-13,18-29H2,1-10H3,(H,54,55)(H,57,58). The summed E-state index contributed by atoms with van der Waals surface area (Å²) in [5, 5.41) is 9.85. The van der Waals surface area contributed by atoms with E-state index in [9.17, 15) is 14.7 Å². The number of ether oxygens (including phenoxy) is 2. The van der Waals surface area contributed by atoms with E-state index in [4.69, 9.17) is 14.5 Å². The van der Waals surface area contributed by atoms with Gasteiger partial charge in [0.15, 0.2) is 0 Å². The van der Waals surface area contributed by atoms with Crippen molar-refractivity contribution in [2.45, 2.75) is 164 Å². The molecule has 7 fully saturated rings. The molecule has 340 valence electrons. The molecule has 2 heterocycles. The van der Waals surface area contributed by atoms with E-state index < -0.39 is 17.3 Å². The Morgan fingerprint density at radius 2 is 1.61 bits per heavy atom. The fraction of sp³-hybridized carbons (Fsp3) is 0.774.